The van der Waals surface area contributed by atoms with Crippen LogP contribution in [0.15, 0.2) is 24.3 Å². The van der Waals surface area contributed by atoms with Crippen molar-refractivity contribution in [3.8, 4) is 0 Å². The molecule has 0 aliphatic carbocycles. The molecule has 0 N–H and O–H groups in total. The van der Waals surface area contributed by atoms with Crippen molar-refractivity contribution in [2.75, 3.05) is 26.7 Å². The van der Waals surface area contributed by atoms with E-state index < -0.39 is 0 Å². The molecule has 27 heavy (non-hydrogen) atoms. The highest BCUT2D eigenvalue weighted by atomic mass is 16.7. The minimum atomic E-state index is -0.173. The molecular weight excluding hydrogens is 334 g/mol. The van der Waals surface area contributed by atoms with E-state index in [0.29, 0.717) is 0 Å². The maximum atomic E-state index is 6.54. The molecule has 1 aromatic rings. The van der Waals surface area contributed by atoms with Crippen LogP contribution in [-0.4, -0.2) is 37.9 Å². The van der Waals surface area contributed by atoms with Crippen LogP contribution < -0.4 is 0 Å². The number of hydrogen-bond donors (Lipinski definition) is 0. The number of unbranched alkanes of at least 4 members (excludes halogenated alkanes) is 7. The molecule has 1 spiro atoms. The summed E-state index contributed by atoms with van der Waals surface area (Å²) in [5.74, 6) is 0. The summed E-state index contributed by atoms with van der Waals surface area (Å²) in [5, 5.41) is 0. The molecule has 2 aliphatic heterocycles. The van der Waals surface area contributed by atoms with Crippen LogP contribution in [0.4, 0.5) is 0 Å². The van der Waals surface area contributed by atoms with E-state index in [1.165, 1.54) is 82.0 Å². The van der Waals surface area contributed by atoms with E-state index in [-0.39, 0.29) is 11.9 Å². The summed E-state index contributed by atoms with van der Waals surface area (Å²) in [6.07, 6.45) is 14.2. The first-order valence-corrected chi connectivity index (χ1v) is 11.3. The van der Waals surface area contributed by atoms with Crippen LogP contribution in [0.1, 0.15) is 82.3 Å². The fraction of sp³-hybridized carbons (Fsp3) is 0.750. The smallest absolute Gasteiger partial charge is 0.162 e. The van der Waals surface area contributed by atoms with Crippen LogP contribution >= 0.6 is 0 Å². The molecule has 1 fully saturated rings. The van der Waals surface area contributed by atoms with E-state index in [2.05, 4.69) is 36.1 Å². The van der Waals surface area contributed by atoms with E-state index in [1.807, 2.05) is 0 Å². The van der Waals surface area contributed by atoms with Gasteiger partial charge in [-0.05, 0) is 43.5 Å². The Balaban J connectivity index is 1.50. The topological polar surface area (TPSA) is 21.7 Å². The van der Waals surface area contributed by atoms with Gasteiger partial charge in [0.25, 0.3) is 0 Å². The first kappa shape index (κ1) is 20.8. The van der Waals surface area contributed by atoms with Crippen LogP contribution in [-0.2, 0) is 21.5 Å². The molecule has 3 nitrogen and oxygen atoms in total. The monoisotopic (exact) mass is 373 g/mol. The summed E-state index contributed by atoms with van der Waals surface area (Å²) < 4.78 is 12.2. The highest BCUT2D eigenvalue weighted by molar-refractivity contribution is 5.35. The zero-order chi connectivity index (χ0) is 19.0. The molecule has 2 atom stereocenters. The molecule has 3 rings (SSSR count). The molecule has 152 valence electrons. The average molecular weight is 374 g/mol. The lowest BCUT2D eigenvalue weighted by atomic mass is 9.80. The Hall–Kier alpha value is -0.900. The molecule has 0 bridgehead atoms. The number of piperidine rings is 1. The number of rotatable bonds is 10. The number of hydrogen-bond acceptors (Lipinski definition) is 3. The number of benzene rings is 1. The van der Waals surface area contributed by atoms with E-state index in [0.717, 1.165) is 19.4 Å². The van der Waals surface area contributed by atoms with E-state index in [1.54, 1.807) is 7.11 Å². The quantitative estimate of drug-likeness (QED) is 0.494. The molecule has 2 aliphatic rings. The van der Waals surface area contributed by atoms with Gasteiger partial charge in [-0.15, -0.1) is 0 Å². The molecule has 2 heterocycles. The van der Waals surface area contributed by atoms with E-state index in [4.69, 9.17) is 9.47 Å². The highest BCUT2D eigenvalue weighted by Gasteiger charge is 2.44. The van der Waals surface area contributed by atoms with Gasteiger partial charge in [0.1, 0.15) is 5.60 Å². The largest absolute Gasteiger partial charge is 0.355 e. The standard InChI is InChI=1S/C24H39NO2/c1-3-4-5-6-7-8-9-12-17-25-18-13-16-24(20-25)22-15-11-10-14-21(22)19-23(26-2)27-24/h10-11,14-15,23H,3-9,12-13,16-20H2,1-2H3/t23-,24-/m1/s1. The molecule has 1 aromatic carbocycles. The first-order valence-electron chi connectivity index (χ1n) is 11.3. The molecular formula is C24H39NO2. The fourth-order valence-electron chi connectivity index (χ4n) is 4.89. The minimum absolute atomic E-state index is 0.108. The zero-order valence-electron chi connectivity index (χ0n) is 17.5. The Kier molecular flexibility index (Phi) is 8.17. The first-order chi connectivity index (χ1) is 13.3. The number of fused-ring (bicyclic) bond motifs is 2. The third kappa shape index (κ3) is 5.56. The van der Waals surface area contributed by atoms with Crippen LogP contribution in [0.5, 0.6) is 0 Å². The molecule has 0 amide bonds. The van der Waals surface area contributed by atoms with Gasteiger partial charge in [0.05, 0.1) is 0 Å². The second kappa shape index (κ2) is 10.6. The number of ether oxygens (including phenoxy) is 2. The van der Waals surface area contributed by atoms with Gasteiger partial charge in [0, 0.05) is 20.1 Å². The number of nitrogens with zero attached hydrogens (tertiary/aromatic N) is 1. The number of methoxy groups -OCH3 is 1. The van der Waals surface area contributed by atoms with E-state index >= 15 is 0 Å². The Morgan fingerprint density at radius 2 is 1.81 bits per heavy atom. The number of likely N-dealkylation sites (tertiary alicyclic amines) is 1. The van der Waals surface area contributed by atoms with Crippen molar-refractivity contribution in [2.24, 2.45) is 0 Å². The minimum Gasteiger partial charge on any atom is -0.355 e. The summed E-state index contributed by atoms with van der Waals surface area (Å²) in [6.45, 7) is 5.72. The summed E-state index contributed by atoms with van der Waals surface area (Å²) in [7, 11) is 1.77. The molecule has 0 unspecified atom stereocenters. The third-order valence-corrected chi connectivity index (χ3v) is 6.38. The van der Waals surface area contributed by atoms with Crippen molar-refractivity contribution in [2.45, 2.75) is 89.4 Å². The highest BCUT2D eigenvalue weighted by Crippen LogP contribution is 2.42. The second-order valence-electron chi connectivity index (χ2n) is 8.49. The zero-order valence-corrected chi connectivity index (χ0v) is 17.5. The van der Waals surface area contributed by atoms with Gasteiger partial charge in [-0.3, -0.25) is 0 Å². The maximum Gasteiger partial charge on any atom is 0.162 e. The van der Waals surface area contributed by atoms with Crippen molar-refractivity contribution >= 4 is 0 Å². The van der Waals surface area contributed by atoms with E-state index in [9.17, 15) is 0 Å². The van der Waals surface area contributed by atoms with Crippen molar-refractivity contribution in [3.05, 3.63) is 35.4 Å². The van der Waals surface area contributed by atoms with Crippen molar-refractivity contribution in [3.63, 3.8) is 0 Å². The summed E-state index contributed by atoms with van der Waals surface area (Å²) in [6, 6.07) is 8.84. The molecule has 3 heteroatoms. The normalized spacial score (nSPS) is 25.6. The average Bonchev–Trinajstić information content (AvgIpc) is 2.70. The maximum absolute atomic E-state index is 6.54. The fourth-order valence-corrected chi connectivity index (χ4v) is 4.89. The van der Waals surface area contributed by atoms with Gasteiger partial charge >= 0.3 is 0 Å². The van der Waals surface area contributed by atoms with Crippen LogP contribution in [0, 0.1) is 0 Å². The van der Waals surface area contributed by atoms with Gasteiger partial charge in [-0.25, -0.2) is 0 Å². The van der Waals surface area contributed by atoms with Gasteiger partial charge in [0.2, 0.25) is 0 Å². The van der Waals surface area contributed by atoms with Crippen LogP contribution in [0.3, 0.4) is 0 Å². The predicted molar refractivity (Wildman–Crippen MR) is 112 cm³/mol. The lowest BCUT2D eigenvalue weighted by Gasteiger charge is -2.48. The Labute approximate surface area is 166 Å². The second-order valence-corrected chi connectivity index (χ2v) is 8.49. The van der Waals surface area contributed by atoms with Crippen LogP contribution in [0.2, 0.25) is 0 Å². The van der Waals surface area contributed by atoms with Crippen molar-refractivity contribution in [1.82, 2.24) is 4.90 Å². The molecule has 1 saturated heterocycles. The third-order valence-electron chi connectivity index (χ3n) is 6.38. The lowest BCUT2D eigenvalue weighted by molar-refractivity contribution is -0.228. The Morgan fingerprint density at radius 3 is 2.59 bits per heavy atom. The van der Waals surface area contributed by atoms with Gasteiger partial charge < -0.3 is 14.4 Å². The Bertz CT molecular complexity index is 561. The van der Waals surface area contributed by atoms with Crippen molar-refractivity contribution in [1.29, 1.82) is 0 Å². The summed E-state index contributed by atoms with van der Waals surface area (Å²) >= 11 is 0. The predicted octanol–water partition coefficient (Wildman–Crippen LogP) is 5.66. The van der Waals surface area contributed by atoms with Gasteiger partial charge in [-0.1, -0.05) is 76.1 Å². The lowest BCUT2D eigenvalue weighted by Crippen LogP contribution is -2.52. The molecule has 0 saturated carbocycles. The summed E-state index contributed by atoms with van der Waals surface area (Å²) in [4.78, 5) is 2.63. The van der Waals surface area contributed by atoms with Crippen LogP contribution in [0.25, 0.3) is 0 Å². The summed E-state index contributed by atoms with van der Waals surface area (Å²) in [5.41, 5.74) is 2.64. The Morgan fingerprint density at radius 1 is 1.07 bits per heavy atom. The van der Waals surface area contributed by atoms with Crippen molar-refractivity contribution < 1.29 is 9.47 Å². The van der Waals surface area contributed by atoms with Gasteiger partial charge in [0.15, 0.2) is 6.29 Å². The SMILES string of the molecule is CCCCCCCCCCN1CCC[C@]2(C1)O[C@@H](OC)Cc1ccccc12. The molecule has 0 radical (unpaired) electrons. The molecule has 0 aromatic heterocycles. The van der Waals surface area contributed by atoms with Gasteiger partial charge in [-0.2, -0.15) is 0 Å².